The van der Waals surface area contributed by atoms with Crippen LogP contribution < -0.4 is 5.43 Å². The number of rotatable bonds is 8. The molecule has 3 aromatic rings. The zero-order chi connectivity index (χ0) is 20.7. The van der Waals surface area contributed by atoms with Crippen LogP contribution in [-0.2, 0) is 21.4 Å². The van der Waals surface area contributed by atoms with Crippen molar-refractivity contribution in [2.75, 3.05) is 6.54 Å². The van der Waals surface area contributed by atoms with Crippen molar-refractivity contribution in [3.63, 3.8) is 0 Å². The molecule has 0 saturated carbocycles. The van der Waals surface area contributed by atoms with Crippen molar-refractivity contribution in [2.45, 2.75) is 18.4 Å². The molecular formula is C21H21N3O4S. The number of aryl methyl sites for hydroxylation is 1. The van der Waals surface area contributed by atoms with E-state index in [0.29, 0.717) is 5.76 Å². The topological polar surface area (TPSA) is 92.0 Å². The third kappa shape index (κ3) is 5.63. The standard InChI is InChI=1S/C21H21N3O4S/c1-17-9-11-20(12-10-17)29(26,27)24(15-18-6-3-2-4-7-18)16-21(25)23-22-14-19-8-5-13-28-19/h2-14H,15-16H2,1H3,(H,23,25)/b22-14-. The van der Waals surface area contributed by atoms with Crippen molar-refractivity contribution < 1.29 is 17.6 Å². The molecule has 0 fully saturated rings. The summed E-state index contributed by atoms with van der Waals surface area (Å²) in [5.41, 5.74) is 4.06. The molecule has 1 amide bonds. The predicted molar refractivity (Wildman–Crippen MR) is 110 cm³/mol. The van der Waals surface area contributed by atoms with Gasteiger partial charge in [0, 0.05) is 6.54 Å². The molecule has 8 heteroatoms. The minimum atomic E-state index is -3.88. The smallest absolute Gasteiger partial charge is 0.255 e. The number of carbonyl (C=O) groups is 1. The molecule has 1 heterocycles. The van der Waals surface area contributed by atoms with E-state index in [1.807, 2.05) is 37.3 Å². The number of furan rings is 1. The first-order valence-electron chi connectivity index (χ1n) is 8.91. The molecule has 0 unspecified atom stereocenters. The van der Waals surface area contributed by atoms with E-state index in [2.05, 4.69) is 10.5 Å². The lowest BCUT2D eigenvalue weighted by Crippen LogP contribution is -2.39. The van der Waals surface area contributed by atoms with Gasteiger partial charge in [-0.2, -0.15) is 9.41 Å². The maximum Gasteiger partial charge on any atom is 0.255 e. The Hall–Kier alpha value is -3.23. The van der Waals surface area contributed by atoms with E-state index in [1.54, 1.807) is 24.3 Å². The first-order chi connectivity index (χ1) is 13.9. The molecule has 0 aliphatic heterocycles. The lowest BCUT2D eigenvalue weighted by Gasteiger charge is -2.21. The van der Waals surface area contributed by atoms with Crippen molar-refractivity contribution in [3.8, 4) is 0 Å². The molecule has 0 spiro atoms. The second kappa shape index (κ2) is 9.31. The number of sulfonamides is 1. The number of benzene rings is 2. The zero-order valence-corrected chi connectivity index (χ0v) is 16.7. The molecule has 0 aliphatic carbocycles. The highest BCUT2D eigenvalue weighted by molar-refractivity contribution is 7.89. The van der Waals surface area contributed by atoms with Crippen LogP contribution in [0.4, 0.5) is 0 Å². The van der Waals surface area contributed by atoms with Crippen LogP contribution in [0.25, 0.3) is 0 Å². The van der Waals surface area contributed by atoms with Gasteiger partial charge in [0.25, 0.3) is 5.91 Å². The van der Waals surface area contributed by atoms with Crippen molar-refractivity contribution in [1.29, 1.82) is 0 Å². The minimum absolute atomic E-state index is 0.0619. The van der Waals surface area contributed by atoms with Crippen LogP contribution in [0.1, 0.15) is 16.9 Å². The maximum absolute atomic E-state index is 13.1. The van der Waals surface area contributed by atoms with Crippen LogP contribution in [0.15, 0.2) is 87.4 Å². The van der Waals surface area contributed by atoms with Gasteiger partial charge in [-0.1, -0.05) is 48.0 Å². The normalized spacial score (nSPS) is 11.8. The highest BCUT2D eigenvalue weighted by Crippen LogP contribution is 2.19. The fourth-order valence-electron chi connectivity index (χ4n) is 2.60. The Balaban J connectivity index is 1.78. The molecule has 2 aromatic carbocycles. The van der Waals surface area contributed by atoms with Crippen LogP contribution in [0.5, 0.6) is 0 Å². The second-order valence-corrected chi connectivity index (χ2v) is 8.32. The Morgan fingerprint density at radius 1 is 1.07 bits per heavy atom. The highest BCUT2D eigenvalue weighted by Gasteiger charge is 2.26. The molecule has 3 rings (SSSR count). The van der Waals surface area contributed by atoms with Gasteiger partial charge in [-0.3, -0.25) is 4.79 Å². The van der Waals surface area contributed by atoms with Gasteiger partial charge in [-0.05, 0) is 36.8 Å². The second-order valence-electron chi connectivity index (χ2n) is 6.38. The molecule has 1 N–H and O–H groups in total. The fourth-order valence-corrected chi connectivity index (χ4v) is 3.98. The Kier molecular flexibility index (Phi) is 6.58. The van der Waals surface area contributed by atoms with Gasteiger partial charge >= 0.3 is 0 Å². The van der Waals surface area contributed by atoms with Crippen molar-refractivity contribution in [1.82, 2.24) is 9.73 Å². The van der Waals surface area contributed by atoms with Crippen molar-refractivity contribution in [3.05, 3.63) is 89.9 Å². The summed E-state index contributed by atoms with van der Waals surface area (Å²) in [6.45, 7) is 1.57. The predicted octanol–water partition coefficient (Wildman–Crippen LogP) is 2.93. The summed E-state index contributed by atoms with van der Waals surface area (Å²) in [4.78, 5) is 12.5. The molecule has 0 saturated heterocycles. The average Bonchev–Trinajstić information content (AvgIpc) is 3.22. The van der Waals surface area contributed by atoms with Crippen LogP contribution in [0.2, 0.25) is 0 Å². The molecule has 7 nitrogen and oxygen atoms in total. The van der Waals surface area contributed by atoms with Crippen LogP contribution in [-0.4, -0.2) is 31.4 Å². The fraction of sp³-hybridized carbons (Fsp3) is 0.143. The van der Waals surface area contributed by atoms with E-state index in [0.717, 1.165) is 15.4 Å². The van der Waals surface area contributed by atoms with E-state index in [4.69, 9.17) is 4.42 Å². The van der Waals surface area contributed by atoms with Crippen LogP contribution >= 0.6 is 0 Å². The highest BCUT2D eigenvalue weighted by atomic mass is 32.2. The summed E-state index contributed by atoms with van der Waals surface area (Å²) in [6.07, 6.45) is 2.83. The summed E-state index contributed by atoms with van der Waals surface area (Å²) in [7, 11) is -3.88. The summed E-state index contributed by atoms with van der Waals surface area (Å²) < 4.78 is 32.5. The third-order valence-electron chi connectivity index (χ3n) is 4.10. The van der Waals surface area contributed by atoms with E-state index < -0.39 is 15.9 Å². The largest absolute Gasteiger partial charge is 0.463 e. The van der Waals surface area contributed by atoms with E-state index in [1.165, 1.54) is 24.6 Å². The number of carbonyl (C=O) groups excluding carboxylic acids is 1. The Labute approximate surface area is 169 Å². The number of nitrogens with zero attached hydrogens (tertiary/aromatic N) is 2. The maximum atomic E-state index is 13.1. The molecule has 0 radical (unpaired) electrons. The molecule has 1 aromatic heterocycles. The van der Waals surface area contributed by atoms with E-state index >= 15 is 0 Å². The third-order valence-corrected chi connectivity index (χ3v) is 5.91. The van der Waals surface area contributed by atoms with Gasteiger partial charge in [-0.25, -0.2) is 13.8 Å². The lowest BCUT2D eigenvalue weighted by molar-refractivity contribution is -0.121. The van der Waals surface area contributed by atoms with Crippen molar-refractivity contribution >= 4 is 22.1 Å². The minimum Gasteiger partial charge on any atom is -0.463 e. The Morgan fingerprint density at radius 3 is 2.45 bits per heavy atom. The SMILES string of the molecule is Cc1ccc(S(=O)(=O)N(CC(=O)N/N=C\c2ccco2)Cc2ccccc2)cc1. The number of hydrogen-bond donors (Lipinski definition) is 1. The van der Waals surface area contributed by atoms with Gasteiger partial charge in [0.05, 0.1) is 23.9 Å². The monoisotopic (exact) mass is 411 g/mol. The molecule has 29 heavy (non-hydrogen) atoms. The summed E-state index contributed by atoms with van der Waals surface area (Å²) in [5.74, 6) is -0.0851. The lowest BCUT2D eigenvalue weighted by atomic mass is 10.2. The number of nitrogens with one attached hydrogen (secondary N) is 1. The number of hydrazone groups is 1. The van der Waals surface area contributed by atoms with Gasteiger partial charge in [-0.15, -0.1) is 0 Å². The zero-order valence-electron chi connectivity index (χ0n) is 15.9. The van der Waals surface area contributed by atoms with E-state index in [-0.39, 0.29) is 18.0 Å². The first kappa shape index (κ1) is 20.5. The van der Waals surface area contributed by atoms with Gasteiger partial charge < -0.3 is 4.42 Å². The Morgan fingerprint density at radius 2 is 1.79 bits per heavy atom. The molecule has 0 aliphatic rings. The van der Waals surface area contributed by atoms with Gasteiger partial charge in [0.2, 0.25) is 10.0 Å². The summed E-state index contributed by atoms with van der Waals surface area (Å²) in [6, 6.07) is 19.0. The average molecular weight is 411 g/mol. The van der Waals surface area contributed by atoms with Gasteiger partial charge in [0.15, 0.2) is 0 Å². The van der Waals surface area contributed by atoms with Crippen molar-refractivity contribution in [2.24, 2.45) is 5.10 Å². The Bertz CT molecular complexity index is 1060. The molecule has 0 atom stereocenters. The van der Waals surface area contributed by atoms with E-state index in [9.17, 15) is 13.2 Å². The summed E-state index contributed by atoms with van der Waals surface area (Å²) >= 11 is 0. The molecular weight excluding hydrogens is 390 g/mol. The van der Waals surface area contributed by atoms with Gasteiger partial charge in [0.1, 0.15) is 5.76 Å². The van der Waals surface area contributed by atoms with Crippen LogP contribution in [0, 0.1) is 6.92 Å². The number of hydrogen-bond acceptors (Lipinski definition) is 5. The van der Waals surface area contributed by atoms with Crippen LogP contribution in [0.3, 0.4) is 0 Å². The molecule has 150 valence electrons. The first-order valence-corrected chi connectivity index (χ1v) is 10.4. The number of amides is 1. The molecule has 0 bridgehead atoms. The quantitative estimate of drug-likeness (QED) is 0.456. The summed E-state index contributed by atoms with van der Waals surface area (Å²) in [5, 5.41) is 3.80.